The van der Waals surface area contributed by atoms with Crippen LogP contribution in [0.25, 0.3) is 6.08 Å². The van der Waals surface area contributed by atoms with Gasteiger partial charge in [-0.25, -0.2) is 5.21 Å². The van der Waals surface area contributed by atoms with Crippen LogP contribution in [0, 0.1) is 5.92 Å². The average Bonchev–Trinajstić information content (AvgIpc) is 3.66. The van der Waals surface area contributed by atoms with Gasteiger partial charge in [0.25, 0.3) is 0 Å². The average molecular weight is 534 g/mol. The summed E-state index contributed by atoms with van der Waals surface area (Å²) < 4.78 is 11.8. The van der Waals surface area contributed by atoms with Crippen LogP contribution in [0.15, 0.2) is 42.5 Å². The van der Waals surface area contributed by atoms with Crippen LogP contribution in [0.3, 0.4) is 0 Å². The third-order valence-electron chi connectivity index (χ3n) is 10.4. The minimum Gasteiger partial charge on any atom is -0.504 e. The van der Waals surface area contributed by atoms with Crippen molar-refractivity contribution >= 4 is 12.0 Å². The summed E-state index contributed by atoms with van der Waals surface area (Å²) in [5.74, 6) is 1.58. The van der Waals surface area contributed by atoms with E-state index in [0.717, 1.165) is 35.3 Å². The van der Waals surface area contributed by atoms with E-state index in [2.05, 4.69) is 0 Å². The zero-order valence-electron chi connectivity index (χ0n) is 22.5. The molecule has 8 nitrogen and oxygen atoms in total. The highest BCUT2D eigenvalue weighted by Crippen LogP contribution is 2.66. The summed E-state index contributed by atoms with van der Waals surface area (Å²) in [6.07, 6.45) is 7.17. The van der Waals surface area contributed by atoms with Crippen molar-refractivity contribution in [3.63, 3.8) is 0 Å². The normalized spacial score (nSPS) is 35.8. The monoisotopic (exact) mass is 533 g/mol. The fraction of sp³-hybridized carbons (Fsp3) is 0.516. The number of amides is 1. The highest BCUT2D eigenvalue weighted by Gasteiger charge is 2.77. The fourth-order valence-electron chi connectivity index (χ4n) is 8.35. The molecule has 3 N–H and O–H groups in total. The van der Waals surface area contributed by atoms with Gasteiger partial charge in [-0.05, 0) is 61.1 Å². The Balaban J connectivity index is 1.25. The number of likely N-dealkylation sites (tertiary alicyclic amines) is 1. The molecule has 4 unspecified atom stereocenters. The van der Waals surface area contributed by atoms with Gasteiger partial charge in [0.2, 0.25) is 5.91 Å². The molecular formula is C31H37N2O6+. The maximum Gasteiger partial charge on any atom is 0.246 e. The summed E-state index contributed by atoms with van der Waals surface area (Å²) in [6, 6.07) is 10.5. The molecule has 2 aromatic carbocycles. The molecule has 7 rings (SSSR count). The fourth-order valence-corrected chi connectivity index (χ4v) is 8.35. The molecule has 0 aromatic heterocycles. The predicted molar refractivity (Wildman–Crippen MR) is 144 cm³/mol. The minimum absolute atomic E-state index is 0.0669. The van der Waals surface area contributed by atoms with E-state index in [1.54, 1.807) is 37.3 Å². The zero-order valence-corrected chi connectivity index (χ0v) is 22.5. The van der Waals surface area contributed by atoms with Crippen LogP contribution < -0.4 is 9.47 Å². The van der Waals surface area contributed by atoms with Crippen LogP contribution in [-0.2, 0) is 16.6 Å². The number of methoxy groups -OCH3 is 1. The molecule has 2 saturated carbocycles. The summed E-state index contributed by atoms with van der Waals surface area (Å²) in [7, 11) is 3.40. The highest BCUT2D eigenvalue weighted by molar-refractivity contribution is 5.92. The quantitative estimate of drug-likeness (QED) is 0.389. The summed E-state index contributed by atoms with van der Waals surface area (Å²) in [4.78, 5) is 15.2. The molecule has 3 aliphatic carbocycles. The Bertz CT molecular complexity index is 1370. The molecule has 2 heterocycles. The molecule has 8 heteroatoms. The highest BCUT2D eigenvalue weighted by atomic mass is 16.6. The molecule has 5 aliphatic rings. The Morgan fingerprint density at radius 1 is 1.23 bits per heavy atom. The number of hydrogen-bond donors (Lipinski definition) is 3. The van der Waals surface area contributed by atoms with Crippen molar-refractivity contribution in [3.05, 3.63) is 59.2 Å². The second-order valence-corrected chi connectivity index (χ2v) is 12.4. The number of phenols is 1. The summed E-state index contributed by atoms with van der Waals surface area (Å²) >= 11 is 0. The number of quaternary nitrogens is 1. The van der Waals surface area contributed by atoms with Crippen LogP contribution in [0.1, 0.15) is 48.8 Å². The molecule has 1 saturated heterocycles. The molecule has 2 bridgehead atoms. The number of carbonyl (C=O) groups is 1. The van der Waals surface area contributed by atoms with Gasteiger partial charge in [0.05, 0.1) is 18.6 Å². The lowest BCUT2D eigenvalue weighted by Crippen LogP contribution is -2.82. The maximum absolute atomic E-state index is 13.4. The molecular weight excluding hydrogens is 496 g/mol. The summed E-state index contributed by atoms with van der Waals surface area (Å²) in [5.41, 5.74) is 0.798. The van der Waals surface area contributed by atoms with Gasteiger partial charge in [-0.2, -0.15) is 4.65 Å². The molecule has 3 fully saturated rings. The van der Waals surface area contributed by atoms with E-state index in [0.29, 0.717) is 50.4 Å². The van der Waals surface area contributed by atoms with Gasteiger partial charge in [0, 0.05) is 37.4 Å². The van der Waals surface area contributed by atoms with Crippen molar-refractivity contribution in [2.45, 2.75) is 67.7 Å². The van der Waals surface area contributed by atoms with Crippen LogP contribution in [0.2, 0.25) is 0 Å². The molecule has 6 atom stereocenters. The standard InChI is InChI=1S/C31H36N2O6/c1-32(26(35)11-8-19-4-3-5-22(16-19)38-2)23-12-13-31(36)25-17-21-9-10-24(34)28-27(21)30(31,29(23)39-28)14-15-33(25,37)18-20-6-7-20/h3-5,8-11,16,20,23,25,29,36-37H,6-7,12-15,17-18H2,1-2H3/p+1/b11-8+/t23?,25-,29?,30-,31?,33?/m0/s1. The van der Waals surface area contributed by atoms with Gasteiger partial charge in [-0.3, -0.25) is 4.79 Å². The number of phenolic OH excluding ortho intramolecular Hbond substituents is 1. The van der Waals surface area contributed by atoms with E-state index in [-0.39, 0.29) is 28.4 Å². The van der Waals surface area contributed by atoms with Gasteiger partial charge in [0.15, 0.2) is 17.5 Å². The van der Waals surface area contributed by atoms with E-state index >= 15 is 0 Å². The SMILES string of the molecule is COc1cccc(/C=C/C(=O)N(C)C2CCC3(O)[C@@H]4Cc5ccc(O)c6c5[C@@]3(CC[N+]4(O)CC3CC3)C2O6)c1. The first-order valence-electron chi connectivity index (χ1n) is 14.1. The van der Waals surface area contributed by atoms with E-state index in [9.17, 15) is 20.2 Å². The number of likely N-dealkylation sites (N-methyl/N-ethyl adjacent to an activating group) is 1. The number of rotatable bonds is 6. The van der Waals surface area contributed by atoms with Gasteiger partial charge in [0.1, 0.15) is 30.5 Å². The van der Waals surface area contributed by atoms with E-state index in [1.165, 1.54) is 0 Å². The number of ether oxygens (including phenoxy) is 2. The van der Waals surface area contributed by atoms with Crippen molar-refractivity contribution in [1.82, 2.24) is 4.90 Å². The smallest absolute Gasteiger partial charge is 0.246 e. The number of hydrogen-bond acceptors (Lipinski definition) is 6. The topological polar surface area (TPSA) is 99.5 Å². The largest absolute Gasteiger partial charge is 0.504 e. The summed E-state index contributed by atoms with van der Waals surface area (Å²) in [6.45, 7) is 1.20. The Morgan fingerprint density at radius 2 is 2.05 bits per heavy atom. The maximum atomic E-state index is 13.4. The minimum atomic E-state index is -1.19. The lowest BCUT2D eigenvalue weighted by atomic mass is 9.48. The number of carbonyl (C=O) groups excluding carboxylic acids is 1. The van der Waals surface area contributed by atoms with Crippen molar-refractivity contribution in [2.24, 2.45) is 5.92 Å². The molecule has 1 amide bonds. The number of piperidine rings is 1. The Morgan fingerprint density at radius 3 is 2.82 bits per heavy atom. The van der Waals surface area contributed by atoms with Crippen molar-refractivity contribution in [3.8, 4) is 17.2 Å². The van der Waals surface area contributed by atoms with Crippen LogP contribution in [0.5, 0.6) is 17.2 Å². The van der Waals surface area contributed by atoms with Gasteiger partial charge >= 0.3 is 0 Å². The van der Waals surface area contributed by atoms with Crippen molar-refractivity contribution in [1.29, 1.82) is 0 Å². The van der Waals surface area contributed by atoms with Crippen LogP contribution in [0.4, 0.5) is 0 Å². The second kappa shape index (κ2) is 8.46. The first kappa shape index (κ1) is 24.9. The van der Waals surface area contributed by atoms with Gasteiger partial charge < -0.3 is 24.6 Å². The third kappa shape index (κ3) is 3.44. The molecule has 2 aromatic rings. The van der Waals surface area contributed by atoms with Crippen molar-refractivity contribution < 1.29 is 34.3 Å². The molecule has 1 spiro atoms. The lowest BCUT2D eigenvalue weighted by Gasteiger charge is -2.64. The molecule has 2 aliphatic heterocycles. The van der Waals surface area contributed by atoms with Crippen LogP contribution >= 0.6 is 0 Å². The first-order chi connectivity index (χ1) is 18.7. The summed E-state index contributed by atoms with van der Waals surface area (Å²) in [5, 5.41) is 35.5. The number of nitrogens with zero attached hydrogens (tertiary/aromatic N) is 2. The Hall–Kier alpha value is -3.07. The number of benzene rings is 2. The van der Waals surface area contributed by atoms with E-state index in [4.69, 9.17) is 9.47 Å². The Kier molecular flexibility index (Phi) is 5.41. The second-order valence-electron chi connectivity index (χ2n) is 12.4. The van der Waals surface area contributed by atoms with Crippen LogP contribution in [-0.4, -0.2) is 81.9 Å². The van der Waals surface area contributed by atoms with E-state index < -0.39 is 17.1 Å². The zero-order chi connectivity index (χ0) is 27.2. The molecule has 206 valence electrons. The lowest BCUT2D eigenvalue weighted by molar-refractivity contribution is -1.13. The van der Waals surface area contributed by atoms with E-state index in [1.807, 2.05) is 30.3 Å². The number of aromatic hydroxyl groups is 1. The predicted octanol–water partition coefficient (Wildman–Crippen LogP) is 3.41. The molecule has 0 radical (unpaired) electrons. The van der Waals surface area contributed by atoms with Gasteiger partial charge in [-0.1, -0.05) is 18.2 Å². The molecule has 39 heavy (non-hydrogen) atoms. The number of aliphatic hydroxyl groups is 1. The number of hydroxylamine groups is 3. The Labute approximate surface area is 228 Å². The van der Waals surface area contributed by atoms with Gasteiger partial charge in [-0.15, -0.1) is 0 Å². The third-order valence-corrected chi connectivity index (χ3v) is 10.4. The first-order valence-corrected chi connectivity index (χ1v) is 14.1. The van der Waals surface area contributed by atoms with Crippen molar-refractivity contribution in [2.75, 3.05) is 27.2 Å².